The summed E-state index contributed by atoms with van der Waals surface area (Å²) in [5.74, 6) is 2.77. The molecule has 1 N–H and O–H groups in total. The first-order chi connectivity index (χ1) is 19.7. The van der Waals surface area contributed by atoms with Crippen molar-refractivity contribution < 1.29 is 19.0 Å². The fraction of sp³-hybridized carbons (Fsp3) is 0.257. The molecular formula is C35H37NO4. The van der Waals surface area contributed by atoms with Crippen molar-refractivity contribution in [2.24, 2.45) is 0 Å². The Bertz CT molecular complexity index is 1460. The van der Waals surface area contributed by atoms with Gasteiger partial charge < -0.3 is 19.0 Å². The number of aliphatic hydroxyl groups is 1. The standard InChI is InChI=1S/C35H37NO4/c1-38-31-16-15-30(34(23-31)39-2)24-36(19-17-32-22-29-14-13-26(18-20-37)21-35(29)40-32)25-33(27-9-5-3-6-10-27)28-11-7-4-8-12-28/h3-16,21-23,33,37H,17-20,24-25H2,1-2H3. The molecule has 1 aromatic heterocycles. The van der Waals surface area contributed by atoms with Crippen LogP contribution >= 0.6 is 0 Å². The molecule has 0 fully saturated rings. The highest BCUT2D eigenvalue weighted by Gasteiger charge is 2.20. The van der Waals surface area contributed by atoms with Gasteiger partial charge in [0, 0.05) is 55.6 Å². The Balaban J connectivity index is 1.43. The Kier molecular flexibility index (Phi) is 9.17. The van der Waals surface area contributed by atoms with Gasteiger partial charge in [-0.3, -0.25) is 4.90 Å². The van der Waals surface area contributed by atoms with E-state index in [1.165, 1.54) is 11.1 Å². The number of aliphatic hydroxyl groups excluding tert-OH is 1. The molecule has 5 nitrogen and oxygen atoms in total. The highest BCUT2D eigenvalue weighted by atomic mass is 16.5. The number of rotatable bonds is 13. The Morgan fingerprint density at radius 2 is 1.50 bits per heavy atom. The predicted molar refractivity (Wildman–Crippen MR) is 160 cm³/mol. The lowest BCUT2D eigenvalue weighted by Crippen LogP contribution is -2.31. The highest BCUT2D eigenvalue weighted by molar-refractivity contribution is 5.78. The second-order valence-electron chi connectivity index (χ2n) is 10.1. The molecule has 1 heterocycles. The molecule has 0 spiro atoms. The fourth-order valence-electron chi connectivity index (χ4n) is 5.30. The van der Waals surface area contributed by atoms with Crippen molar-refractivity contribution in [2.45, 2.75) is 25.3 Å². The highest BCUT2D eigenvalue weighted by Crippen LogP contribution is 2.30. The van der Waals surface area contributed by atoms with Crippen molar-refractivity contribution in [1.29, 1.82) is 0 Å². The summed E-state index contributed by atoms with van der Waals surface area (Å²) in [6.45, 7) is 2.51. The molecule has 5 rings (SSSR count). The molecule has 0 atom stereocenters. The molecule has 5 heteroatoms. The molecular weight excluding hydrogens is 498 g/mol. The molecule has 0 radical (unpaired) electrons. The van der Waals surface area contributed by atoms with Gasteiger partial charge in [-0.05, 0) is 41.3 Å². The van der Waals surface area contributed by atoms with Gasteiger partial charge >= 0.3 is 0 Å². The number of nitrogens with zero attached hydrogens (tertiary/aromatic N) is 1. The smallest absolute Gasteiger partial charge is 0.134 e. The predicted octanol–water partition coefficient (Wildman–Crippen LogP) is 6.86. The first-order valence-corrected chi connectivity index (χ1v) is 13.8. The van der Waals surface area contributed by atoms with E-state index in [9.17, 15) is 5.11 Å². The van der Waals surface area contributed by atoms with Crippen LogP contribution in [0.2, 0.25) is 0 Å². The summed E-state index contributed by atoms with van der Waals surface area (Å²) in [4.78, 5) is 2.49. The monoisotopic (exact) mass is 535 g/mol. The van der Waals surface area contributed by atoms with Gasteiger partial charge in [-0.15, -0.1) is 0 Å². The maximum Gasteiger partial charge on any atom is 0.134 e. The lowest BCUT2D eigenvalue weighted by atomic mass is 9.90. The number of methoxy groups -OCH3 is 2. The Hall–Kier alpha value is -4.06. The SMILES string of the molecule is COc1ccc(CN(CCc2cc3ccc(CCO)cc3o2)CC(c2ccccc2)c2ccccc2)c(OC)c1. The zero-order chi connectivity index (χ0) is 27.7. The summed E-state index contributed by atoms with van der Waals surface area (Å²) >= 11 is 0. The third-order valence-electron chi connectivity index (χ3n) is 7.44. The van der Waals surface area contributed by atoms with Gasteiger partial charge in [0.05, 0.1) is 14.2 Å². The summed E-state index contributed by atoms with van der Waals surface area (Å²) in [6.07, 6.45) is 1.41. The van der Waals surface area contributed by atoms with E-state index in [0.29, 0.717) is 6.42 Å². The van der Waals surface area contributed by atoms with Gasteiger partial charge in [-0.1, -0.05) is 78.9 Å². The van der Waals surface area contributed by atoms with Crippen LogP contribution in [-0.2, 0) is 19.4 Å². The van der Waals surface area contributed by atoms with Crippen molar-refractivity contribution in [2.75, 3.05) is 33.9 Å². The van der Waals surface area contributed by atoms with Crippen LogP contribution in [-0.4, -0.2) is 43.9 Å². The fourth-order valence-corrected chi connectivity index (χ4v) is 5.30. The molecule has 0 aliphatic rings. The van der Waals surface area contributed by atoms with Crippen LogP contribution in [0, 0.1) is 0 Å². The van der Waals surface area contributed by atoms with Crippen molar-refractivity contribution in [3.63, 3.8) is 0 Å². The molecule has 0 amide bonds. The van der Waals surface area contributed by atoms with E-state index in [-0.39, 0.29) is 12.5 Å². The van der Waals surface area contributed by atoms with Gasteiger partial charge in [-0.25, -0.2) is 0 Å². The quantitative estimate of drug-likeness (QED) is 0.178. The summed E-state index contributed by atoms with van der Waals surface area (Å²) in [5, 5.41) is 10.4. The van der Waals surface area contributed by atoms with E-state index >= 15 is 0 Å². The van der Waals surface area contributed by atoms with Gasteiger partial charge in [0.2, 0.25) is 0 Å². The number of hydrogen-bond donors (Lipinski definition) is 1. The normalized spacial score (nSPS) is 11.4. The minimum atomic E-state index is 0.132. The lowest BCUT2D eigenvalue weighted by molar-refractivity contribution is 0.251. The molecule has 0 bridgehead atoms. The van der Waals surface area contributed by atoms with Crippen LogP contribution < -0.4 is 9.47 Å². The molecule has 0 saturated heterocycles. The Labute approximate surface area is 236 Å². The zero-order valence-corrected chi connectivity index (χ0v) is 23.3. The second-order valence-corrected chi connectivity index (χ2v) is 10.1. The molecule has 0 saturated carbocycles. The van der Waals surface area contributed by atoms with Crippen LogP contribution in [0.25, 0.3) is 11.0 Å². The average molecular weight is 536 g/mol. The van der Waals surface area contributed by atoms with Crippen molar-refractivity contribution in [3.05, 3.63) is 131 Å². The van der Waals surface area contributed by atoms with Crippen LogP contribution in [0.5, 0.6) is 11.5 Å². The minimum Gasteiger partial charge on any atom is -0.497 e. The summed E-state index contributed by atoms with van der Waals surface area (Å²) < 4.78 is 17.4. The van der Waals surface area contributed by atoms with Gasteiger partial charge in [0.25, 0.3) is 0 Å². The van der Waals surface area contributed by atoms with Gasteiger partial charge in [0.15, 0.2) is 0 Å². The maximum absolute atomic E-state index is 9.31. The number of benzene rings is 4. The van der Waals surface area contributed by atoms with Crippen LogP contribution in [0.3, 0.4) is 0 Å². The molecule has 206 valence electrons. The van der Waals surface area contributed by atoms with E-state index in [4.69, 9.17) is 13.9 Å². The molecule has 0 aliphatic carbocycles. The minimum absolute atomic E-state index is 0.132. The molecule has 0 aliphatic heterocycles. The number of hydrogen-bond acceptors (Lipinski definition) is 5. The van der Waals surface area contributed by atoms with Crippen LogP contribution in [0.4, 0.5) is 0 Å². The number of fused-ring (bicyclic) bond motifs is 1. The zero-order valence-electron chi connectivity index (χ0n) is 23.3. The van der Waals surface area contributed by atoms with Crippen molar-refractivity contribution in [3.8, 4) is 11.5 Å². The first-order valence-electron chi connectivity index (χ1n) is 13.8. The second kappa shape index (κ2) is 13.3. The summed E-state index contributed by atoms with van der Waals surface area (Å²) in [5.41, 5.74) is 5.65. The Morgan fingerprint density at radius 3 is 2.15 bits per heavy atom. The van der Waals surface area contributed by atoms with Crippen LogP contribution in [0.1, 0.15) is 33.9 Å². The van der Waals surface area contributed by atoms with E-state index in [1.807, 2.05) is 18.2 Å². The van der Waals surface area contributed by atoms with Crippen LogP contribution in [0.15, 0.2) is 108 Å². The van der Waals surface area contributed by atoms with Gasteiger partial charge in [-0.2, -0.15) is 0 Å². The van der Waals surface area contributed by atoms with E-state index < -0.39 is 0 Å². The lowest BCUT2D eigenvalue weighted by Gasteiger charge is -2.29. The number of furan rings is 1. The first kappa shape index (κ1) is 27.5. The Morgan fingerprint density at radius 1 is 0.775 bits per heavy atom. The van der Waals surface area contributed by atoms with E-state index in [2.05, 4.69) is 89.8 Å². The molecule has 0 unspecified atom stereocenters. The summed E-state index contributed by atoms with van der Waals surface area (Å²) in [7, 11) is 3.38. The van der Waals surface area contributed by atoms with Gasteiger partial charge in [0.1, 0.15) is 22.8 Å². The molecule has 5 aromatic rings. The van der Waals surface area contributed by atoms with Crippen molar-refractivity contribution >= 4 is 11.0 Å². The molecule has 40 heavy (non-hydrogen) atoms. The average Bonchev–Trinajstić information content (AvgIpc) is 3.42. The largest absolute Gasteiger partial charge is 0.497 e. The molecule has 4 aromatic carbocycles. The van der Waals surface area contributed by atoms with E-state index in [1.54, 1.807) is 14.2 Å². The topological polar surface area (TPSA) is 55.1 Å². The number of ether oxygens (including phenoxy) is 2. The summed E-state index contributed by atoms with van der Waals surface area (Å²) in [6, 6.07) is 35.8. The van der Waals surface area contributed by atoms with E-state index in [0.717, 1.165) is 65.4 Å². The third kappa shape index (κ3) is 6.74. The third-order valence-corrected chi connectivity index (χ3v) is 7.44. The van der Waals surface area contributed by atoms with Crippen molar-refractivity contribution in [1.82, 2.24) is 4.90 Å². The maximum atomic E-state index is 9.31.